The fourth-order valence-corrected chi connectivity index (χ4v) is 7.02. The van der Waals surface area contributed by atoms with Gasteiger partial charge in [-0.1, -0.05) is 43.2 Å². The van der Waals surface area contributed by atoms with Gasteiger partial charge in [0.05, 0.1) is 23.4 Å². The summed E-state index contributed by atoms with van der Waals surface area (Å²) in [5.41, 5.74) is 0.524. The van der Waals surface area contributed by atoms with Crippen molar-refractivity contribution in [2.75, 3.05) is 18.1 Å². The van der Waals surface area contributed by atoms with Gasteiger partial charge in [-0.2, -0.15) is 0 Å². The molecule has 0 aromatic heterocycles. The van der Waals surface area contributed by atoms with Gasteiger partial charge in [0.15, 0.2) is 9.84 Å². The van der Waals surface area contributed by atoms with Crippen molar-refractivity contribution >= 4 is 27.7 Å². The van der Waals surface area contributed by atoms with Gasteiger partial charge in [0.2, 0.25) is 10.0 Å². The molecule has 1 unspecified atom stereocenters. The maximum atomic E-state index is 12.4. The summed E-state index contributed by atoms with van der Waals surface area (Å²) >= 11 is 0. The lowest BCUT2D eigenvalue weighted by Crippen LogP contribution is -2.38. The average Bonchev–Trinajstić information content (AvgIpc) is 3.03. The normalized spacial score (nSPS) is 17.6. The molecule has 0 heterocycles. The predicted molar refractivity (Wildman–Crippen MR) is 105 cm³/mol. The number of nitrogens with one attached hydrogen (secondary N) is 1. The first-order valence-corrected chi connectivity index (χ1v) is 13.9. The number of hydrogen-bond donors (Lipinski definition) is 3. The van der Waals surface area contributed by atoms with Crippen molar-refractivity contribution in [2.45, 2.75) is 37.5 Å². The maximum absolute atomic E-state index is 12.4. The molecule has 3 N–H and O–H groups in total. The molecule has 160 valence electrons. The molecule has 0 saturated heterocycles. The fraction of sp³-hybridized carbons (Fsp3) is 0.625. The van der Waals surface area contributed by atoms with Crippen LogP contribution in [0.2, 0.25) is 0 Å². The van der Waals surface area contributed by atoms with E-state index in [-0.39, 0.29) is 17.4 Å². The summed E-state index contributed by atoms with van der Waals surface area (Å²) in [4.78, 5) is 18.1. The van der Waals surface area contributed by atoms with Crippen molar-refractivity contribution < 1.29 is 35.7 Å². The van der Waals surface area contributed by atoms with Gasteiger partial charge in [-0.3, -0.25) is 4.52 Å². The number of benzene rings is 1. The van der Waals surface area contributed by atoms with Crippen molar-refractivity contribution in [1.82, 2.24) is 4.72 Å². The number of sulfone groups is 1. The van der Waals surface area contributed by atoms with Crippen LogP contribution in [0.15, 0.2) is 30.3 Å². The summed E-state index contributed by atoms with van der Waals surface area (Å²) in [6.07, 6.45) is 2.03. The molecule has 9 nitrogen and oxygen atoms in total. The minimum atomic E-state index is -4.99. The van der Waals surface area contributed by atoms with Gasteiger partial charge >= 0.3 is 7.82 Å². The molecule has 1 aliphatic rings. The van der Waals surface area contributed by atoms with Crippen LogP contribution in [0.1, 0.15) is 31.2 Å². The van der Waals surface area contributed by atoms with E-state index in [1.807, 2.05) is 0 Å². The van der Waals surface area contributed by atoms with Crippen LogP contribution in [0.3, 0.4) is 0 Å². The van der Waals surface area contributed by atoms with E-state index in [2.05, 4.69) is 9.25 Å². The number of phosphoric ester groups is 1. The minimum absolute atomic E-state index is 0.0236. The number of phosphoric acid groups is 1. The van der Waals surface area contributed by atoms with Crippen molar-refractivity contribution in [2.24, 2.45) is 5.92 Å². The van der Waals surface area contributed by atoms with Crippen molar-refractivity contribution in [3.63, 3.8) is 0 Å². The van der Waals surface area contributed by atoms with Crippen LogP contribution in [0.4, 0.5) is 0 Å². The molecule has 0 radical (unpaired) electrons. The highest BCUT2D eigenvalue weighted by atomic mass is 32.2. The third kappa shape index (κ3) is 9.13. The summed E-state index contributed by atoms with van der Waals surface area (Å²) in [6.45, 7) is -0.551. The molecule has 1 saturated carbocycles. The van der Waals surface area contributed by atoms with Gasteiger partial charge in [-0.25, -0.2) is 26.1 Å². The highest BCUT2D eigenvalue weighted by Gasteiger charge is 2.30. The molecule has 0 aliphatic heterocycles. The van der Waals surface area contributed by atoms with E-state index in [0.29, 0.717) is 5.56 Å². The van der Waals surface area contributed by atoms with Gasteiger partial charge in [-0.15, -0.1) is 0 Å². The van der Waals surface area contributed by atoms with Crippen molar-refractivity contribution in [1.29, 1.82) is 0 Å². The summed E-state index contributed by atoms with van der Waals surface area (Å²) < 4.78 is 67.1. The molecule has 1 aromatic rings. The molecule has 1 fully saturated rings. The largest absolute Gasteiger partial charge is 0.469 e. The zero-order valence-corrected chi connectivity index (χ0v) is 17.8. The Kier molecular flexibility index (Phi) is 8.21. The smallest absolute Gasteiger partial charge is 0.303 e. The Morgan fingerprint density at radius 1 is 1.11 bits per heavy atom. The second-order valence-electron chi connectivity index (χ2n) is 7.04. The Hall–Kier alpha value is -0.810. The molecule has 0 spiro atoms. The van der Waals surface area contributed by atoms with E-state index in [1.54, 1.807) is 30.3 Å². The number of rotatable bonds is 11. The summed E-state index contributed by atoms with van der Waals surface area (Å²) in [7, 11) is -12.5. The Morgan fingerprint density at radius 3 is 2.29 bits per heavy atom. The first kappa shape index (κ1) is 23.5. The molecule has 1 aromatic carbocycles. The van der Waals surface area contributed by atoms with Gasteiger partial charge in [-0.05, 0) is 24.3 Å². The quantitative estimate of drug-likeness (QED) is 0.422. The third-order valence-corrected chi connectivity index (χ3v) is 8.17. The lowest BCUT2D eigenvalue weighted by Gasteiger charge is -2.20. The Morgan fingerprint density at radius 2 is 1.71 bits per heavy atom. The molecular formula is C16H26NO8PS2. The standard InChI is InChI=1S/C16H26NO8PS2/c18-26(19,20)25-16(13-27(21,22)11-14-8-4-5-9-14)10-17-28(23,24)12-15-6-2-1-3-7-15/h1-3,6-7,14,16-17H,4-5,8-13H2,(H2,18,19,20). The van der Waals surface area contributed by atoms with Crippen LogP contribution in [0.25, 0.3) is 0 Å². The van der Waals surface area contributed by atoms with Crippen molar-refractivity contribution in [3.8, 4) is 0 Å². The zero-order valence-electron chi connectivity index (χ0n) is 15.3. The molecule has 28 heavy (non-hydrogen) atoms. The first-order valence-electron chi connectivity index (χ1n) is 8.90. The van der Waals surface area contributed by atoms with E-state index in [0.717, 1.165) is 25.7 Å². The first-order chi connectivity index (χ1) is 12.9. The minimum Gasteiger partial charge on any atom is -0.303 e. The topological polar surface area (TPSA) is 147 Å². The molecule has 1 aliphatic carbocycles. The third-order valence-electron chi connectivity index (χ3n) is 4.42. The maximum Gasteiger partial charge on any atom is 0.469 e. The lowest BCUT2D eigenvalue weighted by molar-refractivity contribution is 0.148. The SMILES string of the molecule is O=P(O)(O)OC(CNS(=O)(=O)Cc1ccccc1)CS(=O)(=O)CC1CCCC1. The highest BCUT2D eigenvalue weighted by Crippen LogP contribution is 2.38. The summed E-state index contributed by atoms with van der Waals surface area (Å²) in [6, 6.07) is 8.34. The summed E-state index contributed by atoms with van der Waals surface area (Å²) in [5.74, 6) is -1.08. The van der Waals surface area contributed by atoms with Crippen LogP contribution in [0, 0.1) is 5.92 Å². The molecule has 0 bridgehead atoms. The van der Waals surface area contributed by atoms with Gasteiger partial charge < -0.3 is 9.79 Å². The number of sulfonamides is 1. The Bertz CT molecular complexity index is 876. The van der Waals surface area contributed by atoms with Gasteiger partial charge in [0.25, 0.3) is 0 Å². The van der Waals surface area contributed by atoms with E-state index < -0.39 is 46.1 Å². The van der Waals surface area contributed by atoms with Crippen LogP contribution >= 0.6 is 7.82 Å². The van der Waals surface area contributed by atoms with Gasteiger partial charge in [0.1, 0.15) is 0 Å². The van der Waals surface area contributed by atoms with Gasteiger partial charge in [0, 0.05) is 6.54 Å². The van der Waals surface area contributed by atoms with E-state index >= 15 is 0 Å². The molecular weight excluding hydrogens is 429 g/mol. The number of hydrogen-bond acceptors (Lipinski definition) is 6. The molecule has 12 heteroatoms. The molecule has 0 amide bonds. The highest BCUT2D eigenvalue weighted by molar-refractivity contribution is 7.91. The predicted octanol–water partition coefficient (Wildman–Crippen LogP) is 1.19. The van der Waals surface area contributed by atoms with E-state index in [4.69, 9.17) is 9.79 Å². The van der Waals surface area contributed by atoms with Crippen LogP contribution in [-0.2, 0) is 34.7 Å². The Balaban J connectivity index is 2.00. The monoisotopic (exact) mass is 455 g/mol. The average molecular weight is 455 g/mol. The van der Waals surface area contributed by atoms with E-state index in [9.17, 15) is 21.4 Å². The van der Waals surface area contributed by atoms with E-state index in [1.165, 1.54) is 0 Å². The fourth-order valence-electron chi connectivity index (χ4n) is 3.27. The summed E-state index contributed by atoms with van der Waals surface area (Å²) in [5, 5.41) is 0. The Labute approximate surface area is 165 Å². The van der Waals surface area contributed by atoms with Crippen LogP contribution < -0.4 is 4.72 Å². The van der Waals surface area contributed by atoms with Crippen molar-refractivity contribution in [3.05, 3.63) is 35.9 Å². The second kappa shape index (κ2) is 9.80. The second-order valence-corrected chi connectivity index (χ2v) is 12.2. The lowest BCUT2D eigenvalue weighted by atomic mass is 10.1. The zero-order chi connectivity index (χ0) is 20.8. The molecule has 1 atom stereocenters. The van der Waals surface area contributed by atoms with Crippen LogP contribution in [-0.4, -0.2) is 50.8 Å². The van der Waals surface area contributed by atoms with Crippen LogP contribution in [0.5, 0.6) is 0 Å². The molecule has 2 rings (SSSR count).